The van der Waals surface area contributed by atoms with Gasteiger partial charge in [-0.1, -0.05) is 17.7 Å². The number of H-pyrrole nitrogens is 1. The molecule has 0 atom stereocenters. The van der Waals surface area contributed by atoms with Gasteiger partial charge in [-0.3, -0.25) is 14.3 Å². The quantitative estimate of drug-likeness (QED) is 0.385. The number of hydrogen-bond donors (Lipinski definition) is 3. The molecule has 0 spiro atoms. The lowest BCUT2D eigenvalue weighted by Gasteiger charge is -2.09. The minimum Gasteiger partial charge on any atom is -0.322 e. The van der Waals surface area contributed by atoms with Crippen molar-refractivity contribution in [3.05, 3.63) is 100 Å². The van der Waals surface area contributed by atoms with Gasteiger partial charge in [0.2, 0.25) is 0 Å². The number of halogens is 1. The summed E-state index contributed by atoms with van der Waals surface area (Å²) in [5.74, 6) is -0.208. The number of carbonyl (C=O) groups excluding carboxylic acids is 1. The lowest BCUT2D eigenvalue weighted by molar-refractivity contribution is 0.102. The van der Waals surface area contributed by atoms with Gasteiger partial charge in [-0.15, -0.1) is 0 Å². The second-order valence-corrected chi connectivity index (χ2v) is 8.90. The van der Waals surface area contributed by atoms with Crippen molar-refractivity contribution >= 4 is 39.0 Å². The van der Waals surface area contributed by atoms with E-state index in [9.17, 15) is 18.0 Å². The van der Waals surface area contributed by atoms with Gasteiger partial charge in [0.15, 0.2) is 0 Å². The molecule has 3 N–H and O–H groups in total. The van der Waals surface area contributed by atoms with Gasteiger partial charge in [0.25, 0.3) is 21.5 Å². The van der Waals surface area contributed by atoms with Crippen LogP contribution in [0.25, 0.3) is 11.4 Å². The van der Waals surface area contributed by atoms with Gasteiger partial charge in [0, 0.05) is 28.7 Å². The lowest BCUT2D eigenvalue weighted by atomic mass is 10.2. The van der Waals surface area contributed by atoms with Crippen LogP contribution in [0.1, 0.15) is 10.4 Å². The smallest absolute Gasteiger partial charge is 0.264 e. The number of carbonyl (C=O) groups is 1. The number of nitrogens with one attached hydrogen (secondary N) is 3. The fraction of sp³-hybridized carbons (Fsp3) is 0. The first-order valence-electron chi connectivity index (χ1n) is 9.52. The number of pyridine rings is 1. The highest BCUT2D eigenvalue weighted by Crippen LogP contribution is 2.19. The predicted molar refractivity (Wildman–Crippen MR) is 125 cm³/mol. The van der Waals surface area contributed by atoms with E-state index in [0.29, 0.717) is 22.1 Å². The summed E-state index contributed by atoms with van der Waals surface area (Å²) in [6.07, 6.45) is 2.64. The van der Waals surface area contributed by atoms with Crippen LogP contribution >= 0.6 is 11.6 Å². The zero-order valence-electron chi connectivity index (χ0n) is 16.8. The number of hydrogen-bond acceptors (Lipinski definition) is 6. The van der Waals surface area contributed by atoms with E-state index in [4.69, 9.17) is 11.6 Å². The molecule has 9 nitrogen and oxygen atoms in total. The van der Waals surface area contributed by atoms with Crippen LogP contribution in [0.2, 0.25) is 5.02 Å². The highest BCUT2D eigenvalue weighted by Gasteiger charge is 2.16. The van der Waals surface area contributed by atoms with Gasteiger partial charge < -0.3 is 10.3 Å². The SMILES string of the molecule is O=C(Nc1ccc(S(=O)(=O)Nc2ccccn2)cc1)c1cnc(-c2ccc(Cl)cc2)[nH]c1=O. The van der Waals surface area contributed by atoms with Crippen LogP contribution in [0.15, 0.2) is 88.8 Å². The first-order valence-corrected chi connectivity index (χ1v) is 11.4. The van der Waals surface area contributed by atoms with Gasteiger partial charge in [-0.2, -0.15) is 0 Å². The maximum atomic E-state index is 12.5. The fourth-order valence-electron chi connectivity index (χ4n) is 2.85. The van der Waals surface area contributed by atoms with Crippen molar-refractivity contribution in [1.82, 2.24) is 15.0 Å². The molecule has 33 heavy (non-hydrogen) atoms. The van der Waals surface area contributed by atoms with Gasteiger partial charge in [-0.05, 0) is 60.7 Å². The Morgan fingerprint density at radius 1 is 0.939 bits per heavy atom. The standard InChI is InChI=1S/C22H16ClN5O4S/c23-15-6-4-14(5-7-15)20-25-13-18(22(30)27-20)21(29)26-16-8-10-17(11-9-16)33(31,32)28-19-3-1-2-12-24-19/h1-13H,(H,24,28)(H,26,29)(H,25,27,30). The molecule has 2 aromatic heterocycles. The van der Waals surface area contributed by atoms with Crippen molar-refractivity contribution in [2.24, 2.45) is 0 Å². The molecule has 0 unspecified atom stereocenters. The Hall–Kier alpha value is -4.02. The van der Waals surface area contributed by atoms with Crippen molar-refractivity contribution in [2.75, 3.05) is 10.0 Å². The minimum atomic E-state index is -3.85. The molecule has 11 heteroatoms. The molecule has 0 saturated carbocycles. The molecule has 1 amide bonds. The second kappa shape index (κ2) is 9.23. The Morgan fingerprint density at radius 3 is 2.30 bits per heavy atom. The molecular formula is C22H16ClN5O4S. The second-order valence-electron chi connectivity index (χ2n) is 6.78. The number of sulfonamides is 1. The summed E-state index contributed by atoms with van der Waals surface area (Å²) in [6, 6.07) is 17.0. The average molecular weight is 482 g/mol. The summed E-state index contributed by atoms with van der Waals surface area (Å²) >= 11 is 5.86. The molecule has 0 saturated heterocycles. The highest BCUT2D eigenvalue weighted by molar-refractivity contribution is 7.92. The van der Waals surface area contributed by atoms with E-state index >= 15 is 0 Å². The van der Waals surface area contributed by atoms with Gasteiger partial charge in [0.05, 0.1) is 4.90 Å². The number of nitrogens with zero attached hydrogens (tertiary/aromatic N) is 2. The molecule has 166 valence electrons. The van der Waals surface area contributed by atoms with E-state index in [1.807, 2.05) is 0 Å². The summed E-state index contributed by atoms with van der Waals surface area (Å²) in [4.78, 5) is 35.5. The fourth-order valence-corrected chi connectivity index (χ4v) is 3.98. The summed E-state index contributed by atoms with van der Waals surface area (Å²) < 4.78 is 27.3. The highest BCUT2D eigenvalue weighted by atomic mass is 35.5. The van der Waals surface area contributed by atoms with E-state index in [-0.39, 0.29) is 16.3 Å². The third kappa shape index (κ3) is 5.25. The molecule has 0 aliphatic carbocycles. The Bertz CT molecular complexity index is 1460. The number of rotatable bonds is 6. The summed E-state index contributed by atoms with van der Waals surface area (Å²) in [5.41, 5.74) is 0.130. The zero-order valence-corrected chi connectivity index (χ0v) is 18.4. The molecule has 0 bridgehead atoms. The van der Waals surface area contributed by atoms with Gasteiger partial charge in [-0.25, -0.2) is 18.4 Å². The molecule has 0 aliphatic rings. The van der Waals surface area contributed by atoms with E-state index < -0.39 is 21.5 Å². The molecule has 2 heterocycles. The maximum Gasteiger partial charge on any atom is 0.264 e. The van der Waals surface area contributed by atoms with Gasteiger partial charge >= 0.3 is 0 Å². The van der Waals surface area contributed by atoms with E-state index in [0.717, 1.165) is 0 Å². The third-order valence-electron chi connectivity index (χ3n) is 4.49. The summed E-state index contributed by atoms with van der Waals surface area (Å²) in [5, 5.41) is 3.09. The molecular weight excluding hydrogens is 466 g/mol. The summed E-state index contributed by atoms with van der Waals surface area (Å²) in [6.45, 7) is 0. The number of benzene rings is 2. The third-order valence-corrected chi connectivity index (χ3v) is 6.11. The zero-order chi connectivity index (χ0) is 23.4. The molecule has 4 rings (SSSR count). The Morgan fingerprint density at radius 2 is 1.67 bits per heavy atom. The van der Waals surface area contributed by atoms with Crippen molar-refractivity contribution < 1.29 is 13.2 Å². The number of aromatic amines is 1. The van der Waals surface area contributed by atoms with E-state index in [2.05, 4.69) is 25.0 Å². The number of aromatic nitrogens is 3. The summed E-state index contributed by atoms with van der Waals surface area (Å²) in [7, 11) is -3.85. The molecule has 0 fully saturated rings. The van der Waals surface area contributed by atoms with E-state index in [1.54, 1.807) is 36.4 Å². The maximum absolute atomic E-state index is 12.5. The largest absolute Gasteiger partial charge is 0.322 e. The molecule has 4 aromatic rings. The Balaban J connectivity index is 1.47. The molecule has 2 aromatic carbocycles. The predicted octanol–water partition coefficient (Wildman–Crippen LogP) is 3.54. The van der Waals surface area contributed by atoms with Crippen LogP contribution in [-0.2, 0) is 10.0 Å². The van der Waals surface area contributed by atoms with Crippen molar-refractivity contribution in [2.45, 2.75) is 4.90 Å². The Kier molecular flexibility index (Phi) is 6.20. The number of anilines is 2. The van der Waals surface area contributed by atoms with Crippen LogP contribution in [0.4, 0.5) is 11.5 Å². The van der Waals surface area contributed by atoms with E-state index in [1.165, 1.54) is 42.7 Å². The van der Waals surface area contributed by atoms with Crippen LogP contribution in [0.3, 0.4) is 0 Å². The number of amides is 1. The van der Waals surface area contributed by atoms with Crippen LogP contribution < -0.4 is 15.6 Å². The van der Waals surface area contributed by atoms with Crippen LogP contribution in [-0.4, -0.2) is 29.3 Å². The first-order chi connectivity index (χ1) is 15.8. The van der Waals surface area contributed by atoms with Crippen molar-refractivity contribution in [3.63, 3.8) is 0 Å². The van der Waals surface area contributed by atoms with Crippen molar-refractivity contribution in [3.8, 4) is 11.4 Å². The topological polar surface area (TPSA) is 134 Å². The van der Waals surface area contributed by atoms with Crippen LogP contribution in [0.5, 0.6) is 0 Å². The molecule has 0 aliphatic heterocycles. The van der Waals surface area contributed by atoms with Crippen molar-refractivity contribution in [1.29, 1.82) is 0 Å². The Labute approximate surface area is 193 Å². The monoisotopic (exact) mass is 481 g/mol. The average Bonchev–Trinajstić information content (AvgIpc) is 2.80. The minimum absolute atomic E-state index is 0.0158. The first kappa shape index (κ1) is 22.2. The van der Waals surface area contributed by atoms with Gasteiger partial charge in [0.1, 0.15) is 17.2 Å². The normalized spacial score (nSPS) is 11.1. The van der Waals surface area contributed by atoms with Crippen LogP contribution in [0, 0.1) is 0 Å². The molecule has 0 radical (unpaired) electrons. The lowest BCUT2D eigenvalue weighted by Crippen LogP contribution is -2.24.